The lowest BCUT2D eigenvalue weighted by atomic mass is 10.1. The minimum absolute atomic E-state index is 0. The Balaban J connectivity index is 0.00000225. The van der Waals surface area contributed by atoms with Crippen LogP contribution in [0.5, 0.6) is 5.75 Å². The van der Waals surface area contributed by atoms with Crippen molar-refractivity contribution in [1.29, 1.82) is 0 Å². The monoisotopic (exact) mass is 418 g/mol. The molecule has 0 bridgehead atoms. The second kappa shape index (κ2) is 9.54. The zero-order chi connectivity index (χ0) is 18.6. The molecule has 0 amide bonds. The van der Waals surface area contributed by atoms with E-state index in [1.807, 2.05) is 11.3 Å². The normalized spacial score (nSPS) is 17.5. The molecule has 0 radical (unpaired) electrons. The maximum Gasteiger partial charge on any atom is 0.179 e. The van der Waals surface area contributed by atoms with Crippen molar-refractivity contribution in [3.63, 3.8) is 0 Å². The van der Waals surface area contributed by atoms with Gasteiger partial charge in [0, 0.05) is 30.4 Å². The molecule has 1 atom stereocenters. The summed E-state index contributed by atoms with van der Waals surface area (Å²) in [6.45, 7) is 6.44. The summed E-state index contributed by atoms with van der Waals surface area (Å²) in [5, 5.41) is 3.75. The molecule has 0 aliphatic carbocycles. The van der Waals surface area contributed by atoms with Crippen LogP contribution in [0.4, 0.5) is 5.82 Å². The molecular weight excluding hydrogens is 392 g/mol. The highest BCUT2D eigenvalue weighted by molar-refractivity contribution is 7.17. The van der Waals surface area contributed by atoms with Gasteiger partial charge in [0.2, 0.25) is 0 Å². The van der Waals surface area contributed by atoms with Crippen molar-refractivity contribution in [3.8, 4) is 5.75 Å². The maximum absolute atomic E-state index is 5.42. The van der Waals surface area contributed by atoms with Gasteiger partial charge in [-0.05, 0) is 48.7 Å². The highest BCUT2D eigenvalue weighted by Gasteiger charge is 2.25. The Hall–Kier alpha value is -1.89. The number of fused-ring (bicyclic) bond motifs is 1. The molecule has 1 aromatic carbocycles. The van der Waals surface area contributed by atoms with Crippen LogP contribution in [0.3, 0.4) is 0 Å². The molecule has 2 aromatic heterocycles. The Morgan fingerprint density at radius 3 is 2.93 bits per heavy atom. The van der Waals surface area contributed by atoms with Crippen LogP contribution in [-0.4, -0.2) is 54.2 Å². The molecule has 1 aliphatic heterocycles. The number of hydrogen-bond acceptors (Lipinski definition) is 6. The molecule has 0 spiro atoms. The van der Waals surface area contributed by atoms with Crippen LogP contribution in [0.1, 0.15) is 18.9 Å². The van der Waals surface area contributed by atoms with Crippen molar-refractivity contribution in [3.05, 3.63) is 47.7 Å². The lowest BCUT2D eigenvalue weighted by Crippen LogP contribution is -2.52. The Morgan fingerprint density at radius 2 is 2.11 bits per heavy atom. The highest BCUT2D eigenvalue weighted by Crippen LogP contribution is 2.28. The molecule has 3 heterocycles. The molecule has 4 rings (SSSR count). The van der Waals surface area contributed by atoms with Crippen molar-refractivity contribution in [1.82, 2.24) is 14.9 Å². The van der Waals surface area contributed by atoms with E-state index < -0.39 is 0 Å². The lowest BCUT2D eigenvalue weighted by Gasteiger charge is -2.40. The molecule has 1 saturated heterocycles. The van der Waals surface area contributed by atoms with E-state index in [4.69, 9.17) is 4.74 Å². The number of hydrogen-bond donors (Lipinski definition) is 0. The maximum atomic E-state index is 5.42. The minimum atomic E-state index is 0. The Morgan fingerprint density at radius 1 is 1.25 bits per heavy atom. The van der Waals surface area contributed by atoms with E-state index in [1.165, 1.54) is 22.1 Å². The van der Waals surface area contributed by atoms with E-state index in [-0.39, 0.29) is 12.4 Å². The van der Waals surface area contributed by atoms with Gasteiger partial charge in [-0.3, -0.25) is 4.90 Å². The SMILES string of the molecule is COc1cncnc1N1CCN(CCCc2csc3ccccc23)C(C)C1.Cl. The summed E-state index contributed by atoms with van der Waals surface area (Å²) in [4.78, 5) is 13.4. The van der Waals surface area contributed by atoms with Gasteiger partial charge in [-0.2, -0.15) is 0 Å². The van der Waals surface area contributed by atoms with E-state index >= 15 is 0 Å². The lowest BCUT2D eigenvalue weighted by molar-refractivity contribution is 0.186. The predicted molar refractivity (Wildman–Crippen MR) is 119 cm³/mol. The fourth-order valence-electron chi connectivity index (χ4n) is 3.91. The number of rotatable bonds is 6. The number of thiophene rings is 1. The molecule has 0 N–H and O–H groups in total. The largest absolute Gasteiger partial charge is 0.491 e. The fraction of sp³-hybridized carbons (Fsp3) is 0.429. The van der Waals surface area contributed by atoms with Crippen LogP contribution in [0.2, 0.25) is 0 Å². The summed E-state index contributed by atoms with van der Waals surface area (Å²) in [7, 11) is 1.68. The van der Waals surface area contributed by atoms with Gasteiger partial charge in [0.25, 0.3) is 0 Å². The third-order valence-electron chi connectivity index (χ3n) is 5.40. The molecule has 150 valence electrons. The van der Waals surface area contributed by atoms with Gasteiger partial charge in [-0.15, -0.1) is 23.7 Å². The minimum Gasteiger partial charge on any atom is -0.491 e. The summed E-state index contributed by atoms with van der Waals surface area (Å²) in [5.74, 6) is 1.66. The van der Waals surface area contributed by atoms with Crippen LogP contribution in [0.25, 0.3) is 10.1 Å². The number of aromatic nitrogens is 2. The van der Waals surface area contributed by atoms with Crippen LogP contribution in [-0.2, 0) is 6.42 Å². The number of nitrogens with zero attached hydrogens (tertiary/aromatic N) is 4. The van der Waals surface area contributed by atoms with E-state index in [2.05, 4.69) is 56.3 Å². The van der Waals surface area contributed by atoms with Crippen LogP contribution in [0, 0.1) is 0 Å². The van der Waals surface area contributed by atoms with Crippen molar-refractivity contribution in [2.45, 2.75) is 25.8 Å². The van der Waals surface area contributed by atoms with Gasteiger partial charge in [-0.25, -0.2) is 9.97 Å². The van der Waals surface area contributed by atoms with Gasteiger partial charge in [0.15, 0.2) is 11.6 Å². The first-order chi connectivity index (χ1) is 13.3. The van der Waals surface area contributed by atoms with Crippen LogP contribution >= 0.6 is 23.7 Å². The van der Waals surface area contributed by atoms with Gasteiger partial charge >= 0.3 is 0 Å². The first-order valence-electron chi connectivity index (χ1n) is 9.54. The third kappa shape index (κ3) is 4.40. The number of methoxy groups -OCH3 is 1. The van der Waals surface area contributed by atoms with E-state index in [0.717, 1.165) is 44.2 Å². The van der Waals surface area contributed by atoms with Gasteiger partial charge in [0.1, 0.15) is 6.33 Å². The number of piperazine rings is 1. The molecule has 3 aromatic rings. The Kier molecular flexibility index (Phi) is 7.10. The van der Waals surface area contributed by atoms with Gasteiger partial charge in [0.05, 0.1) is 13.3 Å². The molecule has 28 heavy (non-hydrogen) atoms. The highest BCUT2D eigenvalue weighted by atomic mass is 35.5. The van der Waals surface area contributed by atoms with Crippen LogP contribution in [0.15, 0.2) is 42.2 Å². The zero-order valence-electron chi connectivity index (χ0n) is 16.4. The van der Waals surface area contributed by atoms with Crippen molar-refractivity contribution >= 4 is 39.6 Å². The van der Waals surface area contributed by atoms with E-state index in [9.17, 15) is 0 Å². The molecule has 7 heteroatoms. The summed E-state index contributed by atoms with van der Waals surface area (Å²) in [6, 6.07) is 9.22. The summed E-state index contributed by atoms with van der Waals surface area (Å²) in [6.07, 6.45) is 5.68. The zero-order valence-corrected chi connectivity index (χ0v) is 18.0. The quantitative estimate of drug-likeness (QED) is 0.598. The standard InChI is InChI=1S/C21H26N4OS.ClH/c1-16-13-25(21-19(26-2)12-22-15-23-21)11-10-24(16)9-5-6-17-14-27-20-8-4-3-7-18(17)20;/h3-4,7-8,12,14-16H,5-6,9-11,13H2,1-2H3;1H. The number of halogens is 1. The average Bonchev–Trinajstić information content (AvgIpc) is 3.12. The Bertz CT molecular complexity index is 903. The first kappa shape index (κ1) is 20.8. The molecule has 1 fully saturated rings. The van der Waals surface area contributed by atoms with E-state index in [1.54, 1.807) is 19.6 Å². The first-order valence-corrected chi connectivity index (χ1v) is 10.4. The molecule has 0 saturated carbocycles. The van der Waals surface area contributed by atoms with Crippen LogP contribution < -0.4 is 9.64 Å². The average molecular weight is 419 g/mol. The van der Waals surface area contributed by atoms with E-state index in [0.29, 0.717) is 6.04 Å². The molecule has 1 unspecified atom stereocenters. The van der Waals surface area contributed by atoms with Gasteiger partial charge < -0.3 is 9.64 Å². The fourth-order valence-corrected chi connectivity index (χ4v) is 4.91. The van der Waals surface area contributed by atoms with Crippen molar-refractivity contribution < 1.29 is 4.74 Å². The predicted octanol–water partition coefficient (Wildman–Crippen LogP) is 4.27. The number of benzene rings is 1. The number of ether oxygens (including phenoxy) is 1. The second-order valence-electron chi connectivity index (χ2n) is 7.11. The number of anilines is 1. The second-order valence-corrected chi connectivity index (χ2v) is 8.02. The summed E-state index contributed by atoms with van der Waals surface area (Å²) in [5.41, 5.74) is 1.49. The smallest absolute Gasteiger partial charge is 0.179 e. The van der Waals surface area contributed by atoms with Crippen molar-refractivity contribution in [2.75, 3.05) is 38.2 Å². The summed E-state index contributed by atoms with van der Waals surface area (Å²) >= 11 is 1.86. The topological polar surface area (TPSA) is 41.5 Å². The summed E-state index contributed by atoms with van der Waals surface area (Å²) < 4.78 is 6.82. The molecular formula is C21H27ClN4OS. The van der Waals surface area contributed by atoms with Gasteiger partial charge in [-0.1, -0.05) is 18.2 Å². The van der Waals surface area contributed by atoms with Crippen molar-refractivity contribution in [2.24, 2.45) is 0 Å². The Labute approximate surface area is 176 Å². The molecule has 1 aliphatic rings. The number of aryl methyl sites for hydroxylation is 1. The third-order valence-corrected chi connectivity index (χ3v) is 6.41. The molecule has 5 nitrogen and oxygen atoms in total.